The van der Waals surface area contributed by atoms with Gasteiger partial charge in [0.2, 0.25) is 0 Å². The normalized spacial score (nSPS) is 18.1. The van der Waals surface area contributed by atoms with E-state index in [9.17, 15) is 0 Å². The van der Waals surface area contributed by atoms with E-state index in [4.69, 9.17) is 4.74 Å². The molecule has 0 aromatic heterocycles. The maximum atomic E-state index is 5.50. The Morgan fingerprint density at radius 3 is 3.00 bits per heavy atom. The second-order valence-electron chi connectivity index (χ2n) is 4.25. The van der Waals surface area contributed by atoms with E-state index in [1.807, 2.05) is 0 Å². The van der Waals surface area contributed by atoms with Gasteiger partial charge in [-0.15, -0.1) is 0 Å². The van der Waals surface area contributed by atoms with Crippen LogP contribution in [0.2, 0.25) is 0 Å². The van der Waals surface area contributed by atoms with E-state index >= 15 is 0 Å². The molecule has 0 amide bonds. The topological polar surface area (TPSA) is 9.23 Å². The maximum absolute atomic E-state index is 5.50. The first-order chi connectivity index (χ1) is 7.22. The Labute approximate surface area is 100.0 Å². The number of ether oxygens (including phenoxy) is 1. The number of fused-ring (bicyclic) bond motifs is 1. The Morgan fingerprint density at radius 2 is 2.27 bits per heavy atom. The highest BCUT2D eigenvalue weighted by atomic mass is 79.9. The quantitative estimate of drug-likeness (QED) is 0.750. The Hall–Kier alpha value is -0.500. The van der Waals surface area contributed by atoms with E-state index in [-0.39, 0.29) is 0 Å². The van der Waals surface area contributed by atoms with Crippen molar-refractivity contribution >= 4 is 15.9 Å². The molecule has 2 rings (SSSR count). The molecule has 0 bridgehead atoms. The van der Waals surface area contributed by atoms with Gasteiger partial charge < -0.3 is 4.74 Å². The SMILES string of the molecule is CCC(C)C(Br)c1ccc2c(c1)CCO2. The average molecular weight is 269 g/mol. The molecule has 0 fully saturated rings. The van der Waals surface area contributed by atoms with Gasteiger partial charge in [-0.3, -0.25) is 0 Å². The lowest BCUT2D eigenvalue weighted by atomic mass is 9.97. The van der Waals surface area contributed by atoms with Crippen LogP contribution in [0.25, 0.3) is 0 Å². The van der Waals surface area contributed by atoms with Crippen LogP contribution < -0.4 is 4.74 Å². The smallest absolute Gasteiger partial charge is 0.122 e. The molecule has 0 saturated carbocycles. The second-order valence-corrected chi connectivity index (χ2v) is 5.24. The summed E-state index contributed by atoms with van der Waals surface area (Å²) in [5.74, 6) is 1.74. The molecule has 1 heterocycles. The molecule has 2 atom stereocenters. The van der Waals surface area contributed by atoms with Gasteiger partial charge in [0.25, 0.3) is 0 Å². The molecule has 82 valence electrons. The summed E-state index contributed by atoms with van der Waals surface area (Å²) in [7, 11) is 0. The standard InChI is InChI=1S/C13H17BrO/c1-3-9(2)13(14)11-4-5-12-10(8-11)6-7-15-12/h4-5,8-9,13H,3,6-7H2,1-2H3. The molecule has 0 radical (unpaired) electrons. The summed E-state index contributed by atoms with van der Waals surface area (Å²) in [4.78, 5) is 0.466. The van der Waals surface area contributed by atoms with Crippen molar-refractivity contribution in [3.63, 3.8) is 0 Å². The third kappa shape index (κ3) is 2.20. The van der Waals surface area contributed by atoms with Crippen LogP contribution in [0.5, 0.6) is 5.75 Å². The van der Waals surface area contributed by atoms with E-state index < -0.39 is 0 Å². The van der Waals surface area contributed by atoms with Gasteiger partial charge in [0, 0.05) is 11.2 Å². The zero-order valence-electron chi connectivity index (χ0n) is 9.29. The Morgan fingerprint density at radius 1 is 1.47 bits per heavy atom. The molecule has 1 aliphatic heterocycles. The summed E-state index contributed by atoms with van der Waals surface area (Å²) < 4.78 is 5.50. The first-order valence-electron chi connectivity index (χ1n) is 5.62. The molecule has 0 spiro atoms. The van der Waals surface area contributed by atoms with Crippen LogP contribution in [0.4, 0.5) is 0 Å². The number of rotatable bonds is 3. The van der Waals surface area contributed by atoms with Crippen molar-refractivity contribution in [1.82, 2.24) is 0 Å². The molecule has 15 heavy (non-hydrogen) atoms. The highest BCUT2D eigenvalue weighted by molar-refractivity contribution is 9.09. The summed E-state index contributed by atoms with van der Waals surface area (Å²) >= 11 is 3.78. The lowest BCUT2D eigenvalue weighted by Crippen LogP contribution is -2.02. The molecular weight excluding hydrogens is 252 g/mol. The highest BCUT2D eigenvalue weighted by Crippen LogP contribution is 2.36. The fourth-order valence-electron chi connectivity index (χ4n) is 1.91. The zero-order chi connectivity index (χ0) is 10.8. The van der Waals surface area contributed by atoms with Gasteiger partial charge in [-0.05, 0) is 23.1 Å². The van der Waals surface area contributed by atoms with Crippen LogP contribution >= 0.6 is 15.9 Å². The number of hydrogen-bond donors (Lipinski definition) is 0. The fraction of sp³-hybridized carbons (Fsp3) is 0.538. The summed E-state index contributed by atoms with van der Waals surface area (Å²) in [5, 5.41) is 0. The summed E-state index contributed by atoms with van der Waals surface area (Å²) in [6, 6.07) is 6.57. The molecule has 2 unspecified atom stereocenters. The predicted octanol–water partition coefficient (Wildman–Crippen LogP) is 4.10. The van der Waals surface area contributed by atoms with Crippen LogP contribution in [-0.4, -0.2) is 6.61 Å². The lowest BCUT2D eigenvalue weighted by Gasteiger charge is -2.17. The van der Waals surface area contributed by atoms with Gasteiger partial charge in [-0.25, -0.2) is 0 Å². The minimum Gasteiger partial charge on any atom is -0.493 e. The molecule has 1 aromatic carbocycles. The van der Waals surface area contributed by atoms with Gasteiger partial charge >= 0.3 is 0 Å². The van der Waals surface area contributed by atoms with Crippen molar-refractivity contribution in [2.24, 2.45) is 5.92 Å². The van der Waals surface area contributed by atoms with E-state index in [0.717, 1.165) is 18.8 Å². The minimum atomic E-state index is 0.466. The van der Waals surface area contributed by atoms with Gasteiger partial charge in [0.15, 0.2) is 0 Å². The molecule has 1 aromatic rings. The Bertz CT molecular complexity index is 348. The first-order valence-corrected chi connectivity index (χ1v) is 6.53. The van der Waals surface area contributed by atoms with Crippen molar-refractivity contribution < 1.29 is 4.74 Å². The van der Waals surface area contributed by atoms with E-state index in [1.54, 1.807) is 0 Å². The number of halogens is 1. The third-order valence-electron chi connectivity index (χ3n) is 3.18. The number of benzene rings is 1. The third-order valence-corrected chi connectivity index (χ3v) is 4.61. The summed E-state index contributed by atoms with van der Waals surface area (Å²) in [6.45, 7) is 5.35. The van der Waals surface area contributed by atoms with Crippen molar-refractivity contribution in [3.05, 3.63) is 29.3 Å². The van der Waals surface area contributed by atoms with Crippen LogP contribution in [0, 0.1) is 5.92 Å². The molecule has 1 aliphatic rings. The van der Waals surface area contributed by atoms with E-state index in [1.165, 1.54) is 17.5 Å². The number of alkyl halides is 1. The first kappa shape index (κ1) is 11.0. The Balaban J connectivity index is 2.22. The largest absolute Gasteiger partial charge is 0.493 e. The molecule has 0 N–H and O–H groups in total. The second kappa shape index (κ2) is 4.56. The summed E-state index contributed by atoms with van der Waals surface area (Å²) in [6.07, 6.45) is 2.26. The maximum Gasteiger partial charge on any atom is 0.122 e. The lowest BCUT2D eigenvalue weighted by molar-refractivity contribution is 0.357. The van der Waals surface area contributed by atoms with Crippen LogP contribution in [0.15, 0.2) is 18.2 Å². The highest BCUT2D eigenvalue weighted by Gasteiger charge is 2.18. The minimum absolute atomic E-state index is 0.466. The fourth-order valence-corrected chi connectivity index (χ4v) is 2.57. The van der Waals surface area contributed by atoms with Crippen LogP contribution in [0.3, 0.4) is 0 Å². The van der Waals surface area contributed by atoms with E-state index in [2.05, 4.69) is 48.0 Å². The number of hydrogen-bond acceptors (Lipinski definition) is 1. The molecule has 2 heteroatoms. The molecular formula is C13H17BrO. The van der Waals surface area contributed by atoms with Crippen molar-refractivity contribution in [2.75, 3.05) is 6.61 Å². The van der Waals surface area contributed by atoms with Gasteiger partial charge in [0.1, 0.15) is 5.75 Å². The van der Waals surface area contributed by atoms with Crippen molar-refractivity contribution in [2.45, 2.75) is 31.5 Å². The molecule has 0 saturated heterocycles. The monoisotopic (exact) mass is 268 g/mol. The average Bonchev–Trinajstić information content (AvgIpc) is 2.73. The predicted molar refractivity (Wildman–Crippen MR) is 66.8 cm³/mol. The van der Waals surface area contributed by atoms with Gasteiger partial charge in [-0.2, -0.15) is 0 Å². The van der Waals surface area contributed by atoms with Crippen molar-refractivity contribution in [1.29, 1.82) is 0 Å². The van der Waals surface area contributed by atoms with Gasteiger partial charge in [0.05, 0.1) is 6.61 Å². The van der Waals surface area contributed by atoms with Crippen LogP contribution in [-0.2, 0) is 6.42 Å². The molecule has 0 aliphatic carbocycles. The van der Waals surface area contributed by atoms with E-state index in [0.29, 0.717) is 10.7 Å². The summed E-state index contributed by atoms with van der Waals surface area (Å²) in [5.41, 5.74) is 2.74. The zero-order valence-corrected chi connectivity index (χ0v) is 10.9. The Kier molecular flexibility index (Phi) is 3.35. The van der Waals surface area contributed by atoms with Crippen LogP contribution in [0.1, 0.15) is 36.2 Å². The molecule has 1 nitrogen and oxygen atoms in total. The van der Waals surface area contributed by atoms with Gasteiger partial charge in [-0.1, -0.05) is 48.3 Å². The van der Waals surface area contributed by atoms with Crippen molar-refractivity contribution in [3.8, 4) is 5.75 Å².